The Bertz CT molecular complexity index is 1170. The van der Waals surface area contributed by atoms with Gasteiger partial charge in [-0.25, -0.2) is 13.6 Å². The molecule has 1 heterocycles. The number of aromatic carboxylic acids is 1. The minimum atomic E-state index is -1.07. The maximum absolute atomic E-state index is 14.2. The van der Waals surface area contributed by atoms with Gasteiger partial charge in [-0.15, -0.1) is 0 Å². The number of hydrogen-bond donors (Lipinski definition) is 1. The lowest BCUT2D eigenvalue weighted by molar-refractivity contribution is -0.129. The van der Waals surface area contributed by atoms with E-state index >= 15 is 0 Å². The largest absolute Gasteiger partial charge is 0.478 e. The van der Waals surface area contributed by atoms with Gasteiger partial charge in [0.05, 0.1) is 16.8 Å². The summed E-state index contributed by atoms with van der Waals surface area (Å²) in [5, 5.41) is 10.4. The molecule has 5 nitrogen and oxygen atoms in total. The van der Waals surface area contributed by atoms with Gasteiger partial charge in [-0.2, -0.15) is 0 Å². The smallest absolute Gasteiger partial charge is 0.335 e. The second kappa shape index (κ2) is 8.73. The van der Waals surface area contributed by atoms with Crippen LogP contribution in [0.5, 0.6) is 0 Å². The Morgan fingerprint density at radius 1 is 1.03 bits per heavy atom. The maximum Gasteiger partial charge on any atom is 0.335 e. The van der Waals surface area contributed by atoms with Crippen LogP contribution in [0.1, 0.15) is 53.9 Å². The maximum atomic E-state index is 14.2. The number of nitrogens with zero attached hydrogens (tertiary/aromatic N) is 2. The van der Waals surface area contributed by atoms with Crippen molar-refractivity contribution in [1.29, 1.82) is 0 Å². The SMILES string of the molecule is CN(C)C(=O)Cn1c(-c2cc(F)cc(F)c2)c(C2CCCCC2)c2ccc(C(=O)O)cc21. The van der Waals surface area contributed by atoms with Crippen molar-refractivity contribution in [2.45, 2.75) is 44.6 Å². The lowest BCUT2D eigenvalue weighted by Crippen LogP contribution is -2.26. The Morgan fingerprint density at radius 3 is 2.28 bits per heavy atom. The summed E-state index contributed by atoms with van der Waals surface area (Å²) in [6.45, 7) is -0.0627. The third-order valence-corrected chi connectivity index (χ3v) is 6.29. The molecule has 4 rings (SSSR count). The number of carbonyl (C=O) groups excluding carboxylic acids is 1. The van der Waals surface area contributed by atoms with Gasteiger partial charge in [0, 0.05) is 31.1 Å². The number of carboxylic acid groups (broad SMARTS) is 1. The quantitative estimate of drug-likeness (QED) is 0.576. The number of benzene rings is 2. The number of likely N-dealkylation sites (N-methyl/N-ethyl adjacent to an activating group) is 1. The molecular formula is C25H26F2N2O3. The van der Waals surface area contributed by atoms with Crippen LogP contribution in [0.25, 0.3) is 22.2 Å². The van der Waals surface area contributed by atoms with E-state index in [4.69, 9.17) is 0 Å². The van der Waals surface area contributed by atoms with E-state index in [9.17, 15) is 23.5 Å². The second-order valence-corrected chi connectivity index (χ2v) is 8.67. The highest BCUT2D eigenvalue weighted by Gasteiger charge is 2.28. The average Bonchev–Trinajstić information content (AvgIpc) is 3.07. The Morgan fingerprint density at radius 2 is 1.69 bits per heavy atom. The highest BCUT2D eigenvalue weighted by Crippen LogP contribution is 2.44. The van der Waals surface area contributed by atoms with Gasteiger partial charge >= 0.3 is 5.97 Å². The second-order valence-electron chi connectivity index (χ2n) is 8.67. The summed E-state index contributed by atoms with van der Waals surface area (Å²) < 4.78 is 30.2. The van der Waals surface area contributed by atoms with E-state index in [1.165, 1.54) is 17.0 Å². The molecule has 1 N–H and O–H groups in total. The topological polar surface area (TPSA) is 62.5 Å². The van der Waals surface area contributed by atoms with E-state index in [0.29, 0.717) is 16.8 Å². The third-order valence-electron chi connectivity index (χ3n) is 6.29. The first-order valence-electron chi connectivity index (χ1n) is 10.8. The van der Waals surface area contributed by atoms with E-state index in [2.05, 4.69) is 0 Å². The Hall–Kier alpha value is -3.22. The molecule has 0 saturated heterocycles. The number of aromatic nitrogens is 1. The predicted molar refractivity (Wildman–Crippen MR) is 119 cm³/mol. The zero-order valence-electron chi connectivity index (χ0n) is 18.2. The van der Waals surface area contributed by atoms with E-state index in [0.717, 1.165) is 49.1 Å². The molecule has 0 spiro atoms. The monoisotopic (exact) mass is 440 g/mol. The summed E-state index contributed by atoms with van der Waals surface area (Å²) >= 11 is 0. The van der Waals surface area contributed by atoms with Crippen LogP contribution in [0.4, 0.5) is 8.78 Å². The third kappa shape index (κ3) is 4.11. The number of hydrogen-bond acceptors (Lipinski definition) is 2. The average molecular weight is 440 g/mol. The van der Waals surface area contributed by atoms with Crippen LogP contribution >= 0.6 is 0 Å². The molecule has 1 aliphatic rings. The lowest BCUT2D eigenvalue weighted by Gasteiger charge is -2.24. The molecule has 1 saturated carbocycles. The van der Waals surface area contributed by atoms with Gasteiger partial charge in [-0.1, -0.05) is 25.3 Å². The Labute approximate surface area is 185 Å². The first-order valence-corrected chi connectivity index (χ1v) is 10.8. The number of carbonyl (C=O) groups is 2. The number of rotatable bonds is 5. The van der Waals surface area contributed by atoms with Gasteiger partial charge in [0.15, 0.2) is 0 Å². The Kier molecular flexibility index (Phi) is 6.00. The van der Waals surface area contributed by atoms with Gasteiger partial charge in [-0.3, -0.25) is 4.79 Å². The Balaban J connectivity index is 2.07. The predicted octanol–water partition coefficient (Wildman–Crippen LogP) is 5.42. The summed E-state index contributed by atoms with van der Waals surface area (Å²) in [4.78, 5) is 25.8. The first-order chi connectivity index (χ1) is 15.3. The van der Waals surface area contributed by atoms with Crippen molar-refractivity contribution >= 4 is 22.8 Å². The van der Waals surface area contributed by atoms with Gasteiger partial charge in [0.2, 0.25) is 5.91 Å². The number of fused-ring (bicyclic) bond motifs is 1. The normalized spacial score (nSPS) is 14.6. The van der Waals surface area contributed by atoms with Crippen LogP contribution < -0.4 is 0 Å². The fourth-order valence-electron chi connectivity index (χ4n) is 4.76. The molecule has 1 aromatic heterocycles. The molecule has 7 heteroatoms. The number of amides is 1. The molecule has 0 bridgehead atoms. The van der Waals surface area contributed by atoms with Gasteiger partial charge in [-0.05, 0) is 48.6 Å². The molecule has 32 heavy (non-hydrogen) atoms. The van der Waals surface area contributed by atoms with Gasteiger partial charge < -0.3 is 14.6 Å². The molecule has 2 aromatic carbocycles. The van der Waals surface area contributed by atoms with Crippen LogP contribution in [0.3, 0.4) is 0 Å². The van der Waals surface area contributed by atoms with Crippen LogP contribution in [-0.4, -0.2) is 40.5 Å². The van der Waals surface area contributed by atoms with E-state index in [1.54, 1.807) is 36.9 Å². The zero-order chi connectivity index (χ0) is 23.0. The van der Waals surface area contributed by atoms with Crippen molar-refractivity contribution in [3.63, 3.8) is 0 Å². The first kappa shape index (κ1) is 22.0. The fourth-order valence-corrected chi connectivity index (χ4v) is 4.76. The molecule has 0 unspecified atom stereocenters. The minimum Gasteiger partial charge on any atom is -0.478 e. The van der Waals surface area contributed by atoms with Crippen molar-refractivity contribution in [3.05, 3.63) is 59.2 Å². The zero-order valence-corrected chi connectivity index (χ0v) is 18.2. The summed E-state index contributed by atoms with van der Waals surface area (Å²) in [5.74, 6) is -2.50. The number of carboxylic acids is 1. The van der Waals surface area contributed by atoms with Crippen LogP contribution in [-0.2, 0) is 11.3 Å². The van der Waals surface area contributed by atoms with E-state index in [-0.39, 0.29) is 23.9 Å². The molecule has 1 aliphatic carbocycles. The minimum absolute atomic E-state index is 0.0627. The summed E-state index contributed by atoms with van der Waals surface area (Å²) in [6, 6.07) is 8.23. The van der Waals surface area contributed by atoms with E-state index < -0.39 is 17.6 Å². The van der Waals surface area contributed by atoms with Crippen molar-refractivity contribution < 1.29 is 23.5 Å². The summed E-state index contributed by atoms with van der Waals surface area (Å²) in [6.07, 6.45) is 5.12. The summed E-state index contributed by atoms with van der Waals surface area (Å²) in [7, 11) is 3.28. The fraction of sp³-hybridized carbons (Fsp3) is 0.360. The van der Waals surface area contributed by atoms with Crippen molar-refractivity contribution in [2.75, 3.05) is 14.1 Å². The van der Waals surface area contributed by atoms with Crippen LogP contribution in [0, 0.1) is 11.6 Å². The molecule has 1 amide bonds. The molecule has 0 radical (unpaired) electrons. The number of halogens is 2. The highest BCUT2D eigenvalue weighted by atomic mass is 19.1. The van der Waals surface area contributed by atoms with E-state index in [1.807, 2.05) is 0 Å². The summed E-state index contributed by atoms with van der Waals surface area (Å²) in [5.41, 5.74) is 2.56. The molecule has 168 valence electrons. The van der Waals surface area contributed by atoms with Crippen molar-refractivity contribution in [1.82, 2.24) is 9.47 Å². The highest BCUT2D eigenvalue weighted by molar-refractivity contribution is 5.99. The van der Waals surface area contributed by atoms with Crippen molar-refractivity contribution in [2.24, 2.45) is 0 Å². The molecular weight excluding hydrogens is 414 g/mol. The van der Waals surface area contributed by atoms with Gasteiger partial charge in [0.25, 0.3) is 0 Å². The molecule has 1 fully saturated rings. The van der Waals surface area contributed by atoms with Gasteiger partial charge in [0.1, 0.15) is 18.2 Å². The molecule has 0 aliphatic heterocycles. The van der Waals surface area contributed by atoms with Crippen molar-refractivity contribution in [3.8, 4) is 11.3 Å². The standard InChI is InChI=1S/C25H26F2N2O3/c1-28(2)22(30)14-29-21-12-16(25(31)32)8-9-20(21)23(15-6-4-3-5-7-15)24(29)17-10-18(26)13-19(27)11-17/h8-13,15H,3-7,14H2,1-2H3,(H,31,32). The lowest BCUT2D eigenvalue weighted by atomic mass is 9.81. The molecule has 0 atom stereocenters. The van der Waals surface area contributed by atoms with Crippen LogP contribution in [0.15, 0.2) is 36.4 Å². The molecule has 3 aromatic rings. The van der Waals surface area contributed by atoms with Crippen LogP contribution in [0.2, 0.25) is 0 Å².